The van der Waals surface area contributed by atoms with Crippen molar-refractivity contribution in [1.29, 1.82) is 0 Å². The van der Waals surface area contributed by atoms with E-state index in [2.05, 4.69) is 5.10 Å². The van der Waals surface area contributed by atoms with E-state index in [-0.39, 0.29) is 12.3 Å². The fourth-order valence-corrected chi connectivity index (χ4v) is 2.34. The van der Waals surface area contributed by atoms with Crippen molar-refractivity contribution in [1.82, 2.24) is 18.9 Å². The molecule has 0 amide bonds. The van der Waals surface area contributed by atoms with Crippen molar-refractivity contribution in [3.63, 3.8) is 0 Å². The molecule has 2 aromatic heterocycles. The van der Waals surface area contributed by atoms with Gasteiger partial charge in [-0.3, -0.25) is 9.13 Å². The molecule has 116 valence electrons. The topological polar surface area (TPSA) is 84.2 Å². The maximum absolute atomic E-state index is 12.1. The normalized spacial score (nSPS) is 11.4. The van der Waals surface area contributed by atoms with E-state index in [9.17, 15) is 9.59 Å². The average molecular weight is 304 g/mol. The molecule has 0 fully saturated rings. The van der Waals surface area contributed by atoms with Crippen LogP contribution in [0.5, 0.6) is 0 Å². The quantitative estimate of drug-likeness (QED) is 0.688. The molecular formula is C14H16N4O4. The fourth-order valence-electron chi connectivity index (χ4n) is 2.34. The molecule has 0 aliphatic heterocycles. The third kappa shape index (κ3) is 2.27. The molecule has 0 aliphatic rings. The molecule has 0 atom stereocenters. The average Bonchev–Trinajstić information content (AvgIpc) is 2.92. The number of oxazole rings is 1. The van der Waals surface area contributed by atoms with Crippen molar-refractivity contribution < 1.29 is 9.15 Å². The summed E-state index contributed by atoms with van der Waals surface area (Å²) in [7, 11) is 4.85. The first-order valence-corrected chi connectivity index (χ1v) is 6.71. The van der Waals surface area contributed by atoms with Gasteiger partial charge >= 0.3 is 11.4 Å². The highest BCUT2D eigenvalue weighted by Gasteiger charge is 2.12. The lowest BCUT2D eigenvalue weighted by atomic mass is 10.2. The summed E-state index contributed by atoms with van der Waals surface area (Å²) >= 11 is 0. The number of benzene rings is 1. The number of rotatable bonds is 4. The summed E-state index contributed by atoms with van der Waals surface area (Å²) in [5.41, 5.74) is 1.81. The second-order valence-electron chi connectivity index (χ2n) is 5.08. The van der Waals surface area contributed by atoms with Crippen LogP contribution in [0.25, 0.3) is 11.1 Å². The summed E-state index contributed by atoms with van der Waals surface area (Å²) in [5.74, 6) is 0.143. The molecule has 1 aromatic carbocycles. The van der Waals surface area contributed by atoms with Gasteiger partial charge in [0.25, 0.3) is 0 Å². The summed E-state index contributed by atoms with van der Waals surface area (Å²) in [4.78, 5) is 23.6. The molecule has 22 heavy (non-hydrogen) atoms. The number of ether oxygens (including phenoxy) is 1. The smallest absolute Gasteiger partial charge is 0.408 e. The lowest BCUT2D eigenvalue weighted by Crippen LogP contribution is -2.23. The largest absolute Gasteiger partial charge is 0.419 e. The van der Waals surface area contributed by atoms with Crippen LogP contribution in [-0.4, -0.2) is 26.0 Å². The number of fused-ring (bicyclic) bond motifs is 1. The molecule has 2 heterocycles. The van der Waals surface area contributed by atoms with Crippen LogP contribution in [-0.2, 0) is 32.0 Å². The summed E-state index contributed by atoms with van der Waals surface area (Å²) in [6.45, 7) is 0.566. The van der Waals surface area contributed by atoms with E-state index in [1.807, 2.05) is 6.07 Å². The predicted octanol–water partition coefficient (Wildman–Crippen LogP) is 0.221. The zero-order valence-corrected chi connectivity index (χ0v) is 12.6. The fraction of sp³-hybridized carbons (Fsp3) is 0.357. The van der Waals surface area contributed by atoms with Gasteiger partial charge in [-0.25, -0.2) is 14.3 Å². The van der Waals surface area contributed by atoms with E-state index in [1.165, 1.54) is 13.8 Å². The molecule has 8 heteroatoms. The zero-order valence-electron chi connectivity index (χ0n) is 12.6. The maximum atomic E-state index is 12.1. The van der Waals surface area contributed by atoms with Crippen molar-refractivity contribution in [2.75, 3.05) is 7.11 Å². The monoisotopic (exact) mass is 304 g/mol. The maximum Gasteiger partial charge on any atom is 0.419 e. The highest BCUT2D eigenvalue weighted by Crippen LogP contribution is 2.14. The minimum absolute atomic E-state index is 0.221. The van der Waals surface area contributed by atoms with Gasteiger partial charge < -0.3 is 9.15 Å². The molecule has 0 radical (unpaired) electrons. The van der Waals surface area contributed by atoms with Crippen LogP contribution in [0.3, 0.4) is 0 Å². The standard InChI is InChI=1S/C14H16N4O4/c1-16-10-5-4-9(6-11(10)22-14(16)20)7-18-13(19)17(2)12(15-18)8-21-3/h4-6H,7-8H2,1-3H3. The third-order valence-corrected chi connectivity index (χ3v) is 3.59. The molecule has 0 aliphatic carbocycles. The van der Waals surface area contributed by atoms with Gasteiger partial charge in [0.2, 0.25) is 0 Å². The highest BCUT2D eigenvalue weighted by molar-refractivity contribution is 5.73. The Balaban J connectivity index is 1.98. The Morgan fingerprint density at radius 2 is 2.00 bits per heavy atom. The van der Waals surface area contributed by atoms with Gasteiger partial charge in [0.05, 0.1) is 12.1 Å². The Morgan fingerprint density at radius 3 is 2.73 bits per heavy atom. The summed E-state index contributed by atoms with van der Waals surface area (Å²) in [5, 5.41) is 4.24. The first-order chi connectivity index (χ1) is 10.5. The van der Waals surface area contributed by atoms with E-state index in [1.54, 1.807) is 33.3 Å². The van der Waals surface area contributed by atoms with Gasteiger partial charge in [-0.2, -0.15) is 5.10 Å². The van der Waals surface area contributed by atoms with Crippen LogP contribution in [0, 0.1) is 0 Å². The molecule has 0 saturated carbocycles. The minimum atomic E-state index is -0.412. The van der Waals surface area contributed by atoms with Crippen LogP contribution < -0.4 is 11.4 Å². The number of nitrogens with zero attached hydrogens (tertiary/aromatic N) is 4. The highest BCUT2D eigenvalue weighted by atomic mass is 16.5. The molecule has 0 saturated heterocycles. The molecule has 0 N–H and O–H groups in total. The number of hydrogen-bond acceptors (Lipinski definition) is 5. The zero-order chi connectivity index (χ0) is 15.9. The first-order valence-electron chi connectivity index (χ1n) is 6.71. The third-order valence-electron chi connectivity index (χ3n) is 3.59. The number of hydrogen-bond donors (Lipinski definition) is 0. The molecule has 8 nitrogen and oxygen atoms in total. The van der Waals surface area contributed by atoms with E-state index in [4.69, 9.17) is 9.15 Å². The van der Waals surface area contributed by atoms with E-state index in [0.717, 1.165) is 5.56 Å². The minimum Gasteiger partial charge on any atom is -0.408 e. The van der Waals surface area contributed by atoms with Gasteiger partial charge in [-0.05, 0) is 17.7 Å². The van der Waals surface area contributed by atoms with Crippen LogP contribution in [0.15, 0.2) is 32.2 Å². The summed E-state index contributed by atoms with van der Waals surface area (Å²) < 4.78 is 14.4. The van der Waals surface area contributed by atoms with Crippen molar-refractivity contribution >= 4 is 11.1 Å². The molecule has 0 bridgehead atoms. The van der Waals surface area contributed by atoms with Crippen molar-refractivity contribution in [2.24, 2.45) is 14.1 Å². The number of aryl methyl sites for hydroxylation is 1. The summed E-state index contributed by atoms with van der Waals surface area (Å²) in [6.07, 6.45) is 0. The second-order valence-corrected chi connectivity index (χ2v) is 5.08. The van der Waals surface area contributed by atoms with Crippen LogP contribution in [0.1, 0.15) is 11.4 Å². The Morgan fingerprint density at radius 1 is 1.23 bits per heavy atom. The Bertz CT molecular complexity index is 944. The van der Waals surface area contributed by atoms with E-state index in [0.29, 0.717) is 23.5 Å². The van der Waals surface area contributed by atoms with Crippen molar-refractivity contribution in [3.05, 3.63) is 50.6 Å². The number of aromatic nitrogens is 4. The molecule has 0 unspecified atom stereocenters. The van der Waals surface area contributed by atoms with Crippen molar-refractivity contribution in [3.8, 4) is 0 Å². The molecular weight excluding hydrogens is 288 g/mol. The second kappa shape index (κ2) is 5.30. The van der Waals surface area contributed by atoms with Crippen molar-refractivity contribution in [2.45, 2.75) is 13.2 Å². The lowest BCUT2D eigenvalue weighted by molar-refractivity contribution is 0.174. The number of methoxy groups -OCH3 is 1. The molecule has 3 rings (SSSR count). The van der Waals surface area contributed by atoms with Crippen LogP contribution in [0.2, 0.25) is 0 Å². The Kier molecular flexibility index (Phi) is 3.45. The van der Waals surface area contributed by atoms with E-state index < -0.39 is 5.76 Å². The first kappa shape index (κ1) is 14.3. The molecule has 0 spiro atoms. The SMILES string of the molecule is COCc1nn(Cc2ccc3c(c2)oc(=O)n3C)c(=O)n1C. The van der Waals surface area contributed by atoms with Gasteiger partial charge in [0.15, 0.2) is 11.4 Å². The Hall–Kier alpha value is -2.61. The molecule has 3 aromatic rings. The summed E-state index contributed by atoms with van der Waals surface area (Å²) in [6, 6.07) is 5.38. The lowest BCUT2D eigenvalue weighted by Gasteiger charge is -2.00. The van der Waals surface area contributed by atoms with E-state index >= 15 is 0 Å². The van der Waals surface area contributed by atoms with Gasteiger partial charge in [-0.15, -0.1) is 0 Å². The Labute approximate surface area is 125 Å². The van der Waals surface area contributed by atoms with Gasteiger partial charge in [0, 0.05) is 21.2 Å². The van der Waals surface area contributed by atoms with Gasteiger partial charge in [-0.1, -0.05) is 6.07 Å². The van der Waals surface area contributed by atoms with Gasteiger partial charge in [0.1, 0.15) is 6.61 Å². The van der Waals surface area contributed by atoms with Crippen LogP contribution in [0.4, 0.5) is 0 Å². The van der Waals surface area contributed by atoms with Crippen LogP contribution >= 0.6 is 0 Å². The predicted molar refractivity (Wildman–Crippen MR) is 78.7 cm³/mol.